The predicted molar refractivity (Wildman–Crippen MR) is 80.1 cm³/mol. The topological polar surface area (TPSA) is 75.4 Å². The minimum absolute atomic E-state index is 0.00409. The fourth-order valence-electron chi connectivity index (χ4n) is 1.90. The molecule has 0 saturated heterocycles. The molecule has 0 aliphatic rings. The second-order valence-electron chi connectivity index (χ2n) is 4.60. The molecule has 1 rings (SSSR count). The van der Waals surface area contributed by atoms with Crippen molar-refractivity contribution in [2.45, 2.75) is 26.7 Å². The number of amides is 2. The highest BCUT2D eigenvalue weighted by molar-refractivity contribution is 5.84. The van der Waals surface area contributed by atoms with Crippen molar-refractivity contribution in [1.82, 2.24) is 10.2 Å². The summed E-state index contributed by atoms with van der Waals surface area (Å²) in [4.78, 5) is 25.2. The molecule has 5 heteroatoms. The van der Waals surface area contributed by atoms with Gasteiger partial charge >= 0.3 is 0 Å². The Bertz CT molecular complexity index is 443. The van der Waals surface area contributed by atoms with Gasteiger partial charge in [0.15, 0.2) is 0 Å². The fraction of sp³-hybridized carbons (Fsp3) is 0.467. The van der Waals surface area contributed by atoms with E-state index < -0.39 is 0 Å². The van der Waals surface area contributed by atoms with Crippen molar-refractivity contribution >= 4 is 17.5 Å². The number of likely N-dealkylation sites (N-methyl/N-ethyl adjacent to an activating group) is 2. The first-order valence-corrected chi connectivity index (χ1v) is 6.95. The van der Waals surface area contributed by atoms with Crippen molar-refractivity contribution < 1.29 is 9.59 Å². The molecule has 5 nitrogen and oxygen atoms in total. The van der Waals surface area contributed by atoms with Gasteiger partial charge in [0.05, 0.1) is 6.54 Å². The summed E-state index contributed by atoms with van der Waals surface area (Å²) in [5, 5.41) is 2.70. The fourth-order valence-corrected chi connectivity index (χ4v) is 1.90. The Labute approximate surface area is 120 Å². The number of nitrogen functional groups attached to an aromatic ring is 1. The first kappa shape index (κ1) is 16.0. The molecule has 1 aromatic rings. The zero-order valence-electron chi connectivity index (χ0n) is 12.2. The van der Waals surface area contributed by atoms with E-state index in [4.69, 9.17) is 5.73 Å². The molecule has 0 saturated carbocycles. The normalized spacial score (nSPS) is 10.1. The number of nitrogens with two attached hydrogens (primary N) is 1. The Morgan fingerprint density at radius 3 is 2.40 bits per heavy atom. The number of aryl methyl sites for hydroxylation is 1. The van der Waals surface area contributed by atoms with Crippen LogP contribution in [-0.4, -0.2) is 36.3 Å². The van der Waals surface area contributed by atoms with Gasteiger partial charge < -0.3 is 16.0 Å². The number of hydrogen-bond acceptors (Lipinski definition) is 3. The molecule has 0 radical (unpaired) electrons. The van der Waals surface area contributed by atoms with E-state index in [1.165, 1.54) is 0 Å². The number of rotatable bonds is 7. The maximum atomic E-state index is 12.1. The van der Waals surface area contributed by atoms with Crippen LogP contribution in [0.3, 0.4) is 0 Å². The summed E-state index contributed by atoms with van der Waals surface area (Å²) < 4.78 is 0. The number of benzene rings is 1. The molecule has 0 aliphatic heterocycles. The molecule has 0 heterocycles. The molecule has 110 valence electrons. The first-order chi connectivity index (χ1) is 9.56. The lowest BCUT2D eigenvalue weighted by atomic mass is 10.1. The van der Waals surface area contributed by atoms with E-state index in [0.29, 0.717) is 31.6 Å². The average molecular weight is 277 g/mol. The Morgan fingerprint density at radius 1 is 1.20 bits per heavy atom. The van der Waals surface area contributed by atoms with Crippen LogP contribution >= 0.6 is 0 Å². The highest BCUT2D eigenvalue weighted by Gasteiger charge is 2.14. The zero-order valence-corrected chi connectivity index (χ0v) is 12.2. The van der Waals surface area contributed by atoms with Crippen molar-refractivity contribution in [2.24, 2.45) is 0 Å². The van der Waals surface area contributed by atoms with Gasteiger partial charge in [-0.25, -0.2) is 0 Å². The largest absolute Gasteiger partial charge is 0.399 e. The Balaban J connectivity index is 2.46. The van der Waals surface area contributed by atoms with Crippen LogP contribution < -0.4 is 11.1 Å². The number of anilines is 1. The number of carbonyl (C=O) groups is 2. The van der Waals surface area contributed by atoms with E-state index in [9.17, 15) is 9.59 Å². The van der Waals surface area contributed by atoms with Gasteiger partial charge in [0.2, 0.25) is 11.8 Å². The summed E-state index contributed by atoms with van der Waals surface area (Å²) >= 11 is 0. The maximum Gasteiger partial charge on any atom is 0.239 e. The first-order valence-electron chi connectivity index (χ1n) is 6.95. The van der Waals surface area contributed by atoms with Crippen molar-refractivity contribution in [3.8, 4) is 0 Å². The summed E-state index contributed by atoms with van der Waals surface area (Å²) in [7, 11) is 0. The average Bonchev–Trinajstić information content (AvgIpc) is 2.44. The van der Waals surface area contributed by atoms with E-state index >= 15 is 0 Å². The van der Waals surface area contributed by atoms with Crippen LogP contribution in [0.15, 0.2) is 24.3 Å². The Hall–Kier alpha value is -2.04. The SMILES string of the molecule is CCNC(=O)CN(CC)C(=O)CCc1ccc(N)cc1. The summed E-state index contributed by atoms with van der Waals surface area (Å²) in [6, 6.07) is 7.49. The summed E-state index contributed by atoms with van der Waals surface area (Å²) in [5.74, 6) is -0.120. The van der Waals surface area contributed by atoms with E-state index in [2.05, 4.69) is 5.32 Å². The van der Waals surface area contributed by atoms with Crippen LogP contribution in [0, 0.1) is 0 Å². The van der Waals surface area contributed by atoms with Crippen LogP contribution in [0.25, 0.3) is 0 Å². The molecule has 0 unspecified atom stereocenters. The standard InChI is InChI=1S/C15H23N3O2/c1-3-17-14(19)11-18(4-2)15(20)10-7-12-5-8-13(16)9-6-12/h5-6,8-9H,3-4,7,10-11,16H2,1-2H3,(H,17,19). The van der Waals surface area contributed by atoms with Gasteiger partial charge in [-0.1, -0.05) is 12.1 Å². The summed E-state index contributed by atoms with van der Waals surface area (Å²) in [6.07, 6.45) is 1.06. The van der Waals surface area contributed by atoms with Crippen molar-refractivity contribution in [2.75, 3.05) is 25.4 Å². The van der Waals surface area contributed by atoms with Crippen LogP contribution in [0.2, 0.25) is 0 Å². The lowest BCUT2D eigenvalue weighted by Crippen LogP contribution is -2.40. The minimum atomic E-state index is -0.116. The number of nitrogens with one attached hydrogen (secondary N) is 1. The van der Waals surface area contributed by atoms with Crippen molar-refractivity contribution in [1.29, 1.82) is 0 Å². The third-order valence-electron chi connectivity index (χ3n) is 3.05. The Kier molecular flexibility index (Phi) is 6.56. The molecule has 1 aromatic carbocycles. The van der Waals surface area contributed by atoms with Gasteiger partial charge in [0.1, 0.15) is 0 Å². The predicted octanol–water partition coefficient (Wildman–Crippen LogP) is 1.19. The molecule has 20 heavy (non-hydrogen) atoms. The van der Waals surface area contributed by atoms with Gasteiger partial charge in [-0.3, -0.25) is 9.59 Å². The lowest BCUT2D eigenvalue weighted by Gasteiger charge is -2.20. The molecule has 0 aliphatic carbocycles. The van der Waals surface area contributed by atoms with Crippen molar-refractivity contribution in [3.05, 3.63) is 29.8 Å². The molecule has 0 spiro atoms. The summed E-state index contributed by atoms with van der Waals surface area (Å²) in [5.41, 5.74) is 7.40. The quantitative estimate of drug-likeness (QED) is 0.735. The molecular formula is C15H23N3O2. The zero-order chi connectivity index (χ0) is 15.0. The molecular weight excluding hydrogens is 254 g/mol. The Morgan fingerprint density at radius 2 is 1.85 bits per heavy atom. The third kappa shape index (κ3) is 5.30. The minimum Gasteiger partial charge on any atom is -0.399 e. The molecule has 0 aromatic heterocycles. The number of nitrogens with zero attached hydrogens (tertiary/aromatic N) is 1. The van der Waals surface area contributed by atoms with Crippen LogP contribution in [0.1, 0.15) is 25.8 Å². The van der Waals surface area contributed by atoms with E-state index in [-0.39, 0.29) is 18.4 Å². The maximum absolute atomic E-state index is 12.1. The third-order valence-corrected chi connectivity index (χ3v) is 3.05. The van der Waals surface area contributed by atoms with Crippen LogP contribution in [0.5, 0.6) is 0 Å². The van der Waals surface area contributed by atoms with Crippen LogP contribution in [0.4, 0.5) is 5.69 Å². The molecule has 0 fully saturated rings. The number of carbonyl (C=O) groups excluding carboxylic acids is 2. The summed E-state index contributed by atoms with van der Waals surface area (Å²) in [6.45, 7) is 4.98. The second-order valence-corrected chi connectivity index (χ2v) is 4.60. The van der Waals surface area contributed by atoms with Crippen LogP contribution in [-0.2, 0) is 16.0 Å². The van der Waals surface area contributed by atoms with Crippen molar-refractivity contribution in [3.63, 3.8) is 0 Å². The van der Waals surface area contributed by atoms with Gasteiger partial charge in [-0.05, 0) is 38.0 Å². The van der Waals surface area contributed by atoms with Gasteiger partial charge in [0.25, 0.3) is 0 Å². The molecule has 3 N–H and O–H groups in total. The molecule has 0 atom stereocenters. The lowest BCUT2D eigenvalue weighted by molar-refractivity contribution is -0.135. The second kappa shape index (κ2) is 8.19. The highest BCUT2D eigenvalue weighted by atomic mass is 16.2. The van der Waals surface area contributed by atoms with E-state index in [1.54, 1.807) is 4.90 Å². The number of hydrogen-bond donors (Lipinski definition) is 2. The molecule has 2 amide bonds. The van der Waals surface area contributed by atoms with Gasteiger partial charge in [-0.2, -0.15) is 0 Å². The monoisotopic (exact) mass is 277 g/mol. The van der Waals surface area contributed by atoms with E-state index in [1.807, 2.05) is 38.1 Å². The van der Waals surface area contributed by atoms with Gasteiger partial charge in [0, 0.05) is 25.2 Å². The molecule has 0 bridgehead atoms. The highest BCUT2D eigenvalue weighted by Crippen LogP contribution is 2.08. The van der Waals surface area contributed by atoms with E-state index in [0.717, 1.165) is 5.56 Å². The smallest absolute Gasteiger partial charge is 0.239 e. The van der Waals surface area contributed by atoms with Gasteiger partial charge in [-0.15, -0.1) is 0 Å².